The van der Waals surface area contributed by atoms with Gasteiger partial charge in [0.25, 0.3) is 0 Å². The molecule has 150 valence electrons. The molecule has 0 saturated carbocycles. The van der Waals surface area contributed by atoms with Gasteiger partial charge in [-0.05, 0) is 66.1 Å². The molecule has 3 fully saturated rings. The Hall–Kier alpha value is -0.850. The fourth-order valence-corrected chi connectivity index (χ4v) is 4.43. The first-order valence-corrected chi connectivity index (χ1v) is 10.7. The van der Waals surface area contributed by atoms with Gasteiger partial charge >= 0.3 is 0 Å². The van der Waals surface area contributed by atoms with Gasteiger partial charge in [-0.1, -0.05) is 6.42 Å². The molecule has 3 aliphatic rings. The first-order valence-electron chi connectivity index (χ1n) is 10.7. The normalized spacial score (nSPS) is 28.8. The van der Waals surface area contributed by atoms with Gasteiger partial charge < -0.3 is 15.4 Å². The molecule has 2 atom stereocenters. The zero-order chi connectivity index (χ0) is 18.4. The average Bonchev–Trinajstić information content (AvgIpc) is 3.12. The van der Waals surface area contributed by atoms with Gasteiger partial charge in [-0.2, -0.15) is 0 Å². The number of hydrogen-bond acceptors (Lipinski definition) is 4. The maximum absolute atomic E-state index is 6.07. The first-order chi connectivity index (χ1) is 12.6. The van der Waals surface area contributed by atoms with E-state index in [1.807, 2.05) is 0 Å². The Morgan fingerprint density at radius 3 is 2.69 bits per heavy atom. The van der Waals surface area contributed by atoms with E-state index in [4.69, 9.17) is 9.73 Å². The van der Waals surface area contributed by atoms with Gasteiger partial charge in [0.1, 0.15) is 0 Å². The van der Waals surface area contributed by atoms with E-state index in [2.05, 4.69) is 41.2 Å². The topological polar surface area (TPSA) is 52.1 Å². The highest BCUT2D eigenvalue weighted by Crippen LogP contribution is 2.22. The summed E-state index contributed by atoms with van der Waals surface area (Å²) in [5, 5.41) is 6.91. The second kappa shape index (κ2) is 9.38. The number of piperidine rings is 1. The molecule has 0 amide bonds. The van der Waals surface area contributed by atoms with Crippen LogP contribution in [0.1, 0.15) is 52.9 Å². The van der Waals surface area contributed by atoms with Crippen LogP contribution in [-0.4, -0.2) is 85.9 Å². The Kier molecular flexibility index (Phi) is 7.18. The molecular weight excluding hydrogens is 326 g/mol. The molecule has 0 aromatic rings. The lowest BCUT2D eigenvalue weighted by Crippen LogP contribution is -2.52. The Labute approximate surface area is 159 Å². The lowest BCUT2D eigenvalue weighted by atomic mass is 9.99. The average molecular weight is 366 g/mol. The molecule has 0 bridgehead atoms. The number of morpholine rings is 1. The molecule has 2 unspecified atom stereocenters. The summed E-state index contributed by atoms with van der Waals surface area (Å²) in [6, 6.07) is 0.665. The zero-order valence-corrected chi connectivity index (χ0v) is 17.1. The van der Waals surface area contributed by atoms with E-state index in [0.29, 0.717) is 6.04 Å². The van der Waals surface area contributed by atoms with Crippen molar-refractivity contribution in [3.8, 4) is 0 Å². The van der Waals surface area contributed by atoms with Crippen LogP contribution < -0.4 is 10.6 Å². The van der Waals surface area contributed by atoms with Crippen LogP contribution in [0.4, 0.5) is 0 Å². The third-order valence-electron chi connectivity index (χ3n) is 6.14. The summed E-state index contributed by atoms with van der Waals surface area (Å²) in [6.07, 6.45) is 6.91. The molecule has 3 aliphatic heterocycles. The van der Waals surface area contributed by atoms with Gasteiger partial charge in [0.2, 0.25) is 0 Å². The van der Waals surface area contributed by atoms with E-state index >= 15 is 0 Å². The fraction of sp³-hybridized carbons (Fsp3) is 0.950. The van der Waals surface area contributed by atoms with Crippen LogP contribution in [0.15, 0.2) is 4.99 Å². The van der Waals surface area contributed by atoms with Gasteiger partial charge in [-0.15, -0.1) is 0 Å². The van der Waals surface area contributed by atoms with Crippen molar-refractivity contribution in [2.45, 2.75) is 70.6 Å². The van der Waals surface area contributed by atoms with E-state index < -0.39 is 0 Å². The van der Waals surface area contributed by atoms with Crippen molar-refractivity contribution in [3.05, 3.63) is 0 Å². The van der Waals surface area contributed by atoms with Crippen LogP contribution in [0.25, 0.3) is 0 Å². The van der Waals surface area contributed by atoms with Gasteiger partial charge in [-0.25, -0.2) is 0 Å². The number of aliphatic imine (C=N–C) groups is 1. The number of nitrogens with zero attached hydrogens (tertiary/aromatic N) is 3. The lowest BCUT2D eigenvalue weighted by Gasteiger charge is -2.40. The number of guanidine groups is 1. The summed E-state index contributed by atoms with van der Waals surface area (Å²) < 4.78 is 6.07. The highest BCUT2D eigenvalue weighted by Gasteiger charge is 2.32. The molecule has 6 nitrogen and oxygen atoms in total. The number of likely N-dealkylation sites (tertiary alicyclic amines) is 1. The van der Waals surface area contributed by atoms with Gasteiger partial charge in [0.05, 0.1) is 19.3 Å². The molecule has 0 radical (unpaired) electrons. The summed E-state index contributed by atoms with van der Waals surface area (Å²) in [5.41, 5.74) is 0.118. The zero-order valence-electron chi connectivity index (χ0n) is 17.1. The highest BCUT2D eigenvalue weighted by molar-refractivity contribution is 5.79. The molecule has 0 spiro atoms. The molecular formula is C20H39N5O. The van der Waals surface area contributed by atoms with E-state index in [1.165, 1.54) is 51.7 Å². The van der Waals surface area contributed by atoms with E-state index in [-0.39, 0.29) is 11.6 Å². The number of rotatable bonds is 6. The second-order valence-corrected chi connectivity index (χ2v) is 8.68. The first kappa shape index (κ1) is 19.9. The van der Waals surface area contributed by atoms with Crippen molar-refractivity contribution in [1.82, 2.24) is 20.4 Å². The van der Waals surface area contributed by atoms with Crippen molar-refractivity contribution in [1.29, 1.82) is 0 Å². The van der Waals surface area contributed by atoms with Crippen molar-refractivity contribution < 1.29 is 4.74 Å². The molecule has 26 heavy (non-hydrogen) atoms. The molecule has 0 aliphatic carbocycles. The summed E-state index contributed by atoms with van der Waals surface area (Å²) in [7, 11) is 0. The smallest absolute Gasteiger partial charge is 0.191 e. The number of hydrogen-bond donors (Lipinski definition) is 2. The van der Waals surface area contributed by atoms with Crippen LogP contribution in [0.5, 0.6) is 0 Å². The third kappa shape index (κ3) is 5.33. The molecule has 0 aromatic carbocycles. The minimum absolute atomic E-state index is 0.118. The number of nitrogens with one attached hydrogen (secondary N) is 2. The largest absolute Gasteiger partial charge is 0.373 e. The Morgan fingerprint density at radius 1 is 1.12 bits per heavy atom. The van der Waals surface area contributed by atoms with Crippen molar-refractivity contribution in [2.75, 3.05) is 52.4 Å². The number of fused-ring (bicyclic) bond motifs is 1. The molecule has 3 saturated heterocycles. The maximum Gasteiger partial charge on any atom is 0.191 e. The molecule has 3 heterocycles. The SMILES string of the molecule is CCNC(=NCC(C)(C)N1CCCCC1)NCC1CN2CCCC2CO1. The van der Waals surface area contributed by atoms with Gasteiger partial charge in [0.15, 0.2) is 5.96 Å². The van der Waals surface area contributed by atoms with Crippen LogP contribution in [0.2, 0.25) is 0 Å². The molecule has 6 heteroatoms. The van der Waals surface area contributed by atoms with E-state index in [0.717, 1.165) is 38.7 Å². The van der Waals surface area contributed by atoms with Gasteiger partial charge in [0, 0.05) is 31.2 Å². The summed E-state index contributed by atoms with van der Waals surface area (Å²) in [5.74, 6) is 0.921. The third-order valence-corrected chi connectivity index (χ3v) is 6.14. The minimum Gasteiger partial charge on any atom is -0.373 e. The predicted octanol–water partition coefficient (Wildman–Crippen LogP) is 1.67. The minimum atomic E-state index is 0.118. The highest BCUT2D eigenvalue weighted by atomic mass is 16.5. The summed E-state index contributed by atoms with van der Waals surface area (Å²) in [6.45, 7) is 14.9. The quantitative estimate of drug-likeness (QED) is 0.554. The fourth-order valence-electron chi connectivity index (χ4n) is 4.43. The van der Waals surface area contributed by atoms with E-state index in [9.17, 15) is 0 Å². The summed E-state index contributed by atoms with van der Waals surface area (Å²) >= 11 is 0. The predicted molar refractivity (Wildman–Crippen MR) is 108 cm³/mol. The standard InChI is InChI=1S/C20H39N5O/c1-4-21-19(23-16-20(2,3)25-11-6-5-7-12-25)22-13-18-14-24-10-8-9-17(24)15-26-18/h17-18H,4-16H2,1-3H3,(H2,21,22,23). The number of ether oxygens (including phenoxy) is 1. The van der Waals surface area contributed by atoms with Crippen LogP contribution in [0, 0.1) is 0 Å². The Balaban J connectivity index is 1.48. The molecule has 0 aromatic heterocycles. The summed E-state index contributed by atoms with van der Waals surface area (Å²) in [4.78, 5) is 10.1. The monoisotopic (exact) mass is 365 g/mol. The van der Waals surface area contributed by atoms with Crippen molar-refractivity contribution in [3.63, 3.8) is 0 Å². The van der Waals surface area contributed by atoms with Crippen molar-refractivity contribution >= 4 is 5.96 Å². The lowest BCUT2D eigenvalue weighted by molar-refractivity contribution is -0.0453. The van der Waals surface area contributed by atoms with Crippen LogP contribution in [-0.2, 0) is 4.74 Å². The maximum atomic E-state index is 6.07. The van der Waals surface area contributed by atoms with Crippen molar-refractivity contribution in [2.24, 2.45) is 4.99 Å². The van der Waals surface area contributed by atoms with Crippen LogP contribution in [0.3, 0.4) is 0 Å². The second-order valence-electron chi connectivity index (χ2n) is 8.68. The van der Waals surface area contributed by atoms with E-state index in [1.54, 1.807) is 0 Å². The van der Waals surface area contributed by atoms with Crippen LogP contribution >= 0.6 is 0 Å². The molecule has 3 rings (SSSR count). The Morgan fingerprint density at radius 2 is 1.92 bits per heavy atom. The molecule has 2 N–H and O–H groups in total. The van der Waals surface area contributed by atoms with Gasteiger partial charge in [-0.3, -0.25) is 14.8 Å². The Bertz CT molecular complexity index is 461.